The first-order valence-corrected chi connectivity index (χ1v) is 7.05. The molecular formula is C14H20N3O5Y-. The van der Waals surface area contributed by atoms with Gasteiger partial charge in [-0.05, 0) is 39.7 Å². The zero-order valence-corrected chi connectivity index (χ0v) is 16.7. The van der Waals surface area contributed by atoms with Crippen molar-refractivity contribution in [2.45, 2.75) is 51.8 Å². The molecule has 2 saturated heterocycles. The van der Waals surface area contributed by atoms with Crippen LogP contribution in [-0.4, -0.2) is 57.9 Å². The van der Waals surface area contributed by atoms with Crippen molar-refractivity contribution in [1.29, 1.82) is 0 Å². The fraction of sp³-hybridized carbons (Fsp3) is 0.714. The Hall–Kier alpha value is -1.02. The average molecular weight is 399 g/mol. The number of amides is 3. The fourth-order valence-electron chi connectivity index (χ4n) is 2.63. The van der Waals surface area contributed by atoms with Crippen molar-refractivity contribution in [1.82, 2.24) is 15.3 Å². The molecule has 2 heterocycles. The molecule has 2 fully saturated rings. The largest absolute Gasteiger partial charge is 0.540 e. The topological polar surface area (TPSA) is 96.0 Å². The van der Waals surface area contributed by atoms with Crippen molar-refractivity contribution in [3.05, 3.63) is 0 Å². The first-order chi connectivity index (χ1) is 10.0. The third-order valence-corrected chi connectivity index (χ3v) is 3.69. The molecule has 8 nitrogen and oxygen atoms in total. The Morgan fingerprint density at radius 1 is 1.35 bits per heavy atom. The van der Waals surface area contributed by atoms with Crippen LogP contribution in [0.25, 0.3) is 0 Å². The zero-order valence-electron chi connectivity index (χ0n) is 13.9. The molecular weight excluding hydrogens is 379 g/mol. The standard InChI is InChI=1S/C14H20N3O5.Y/c1-8-6-16-10(19)14(5,11(20)17(16)9(8)7-18)15-12(21)22-13(2,3)4;/h8-9H,6H2,1-5H3,(H,15,21);/q-1;. The van der Waals surface area contributed by atoms with Crippen molar-refractivity contribution in [3.8, 4) is 0 Å². The number of ether oxygens (including phenoxy) is 1. The maximum absolute atomic E-state index is 12.5. The van der Waals surface area contributed by atoms with Crippen LogP contribution in [-0.2, 0) is 51.8 Å². The van der Waals surface area contributed by atoms with E-state index >= 15 is 0 Å². The number of rotatable bonds is 2. The van der Waals surface area contributed by atoms with Crippen LogP contribution in [0.1, 0.15) is 34.6 Å². The van der Waals surface area contributed by atoms with Crippen molar-refractivity contribution < 1.29 is 56.6 Å². The summed E-state index contributed by atoms with van der Waals surface area (Å²) in [4.78, 5) is 48.0. The molecule has 3 unspecified atom stereocenters. The van der Waals surface area contributed by atoms with Gasteiger partial charge < -0.3 is 9.53 Å². The molecule has 1 radical (unpaired) electrons. The van der Waals surface area contributed by atoms with Crippen LogP contribution in [0.2, 0.25) is 0 Å². The number of alkyl carbamates (subject to hydrolysis) is 1. The molecule has 0 aromatic heterocycles. The quantitative estimate of drug-likeness (QED) is 0.520. The van der Waals surface area contributed by atoms with E-state index in [1.807, 2.05) is 0 Å². The van der Waals surface area contributed by atoms with Gasteiger partial charge >= 0.3 is 6.09 Å². The smallest absolute Gasteiger partial charge is 0.408 e. The fourth-order valence-corrected chi connectivity index (χ4v) is 2.63. The molecule has 2 aliphatic heterocycles. The Morgan fingerprint density at radius 3 is 2.39 bits per heavy atom. The summed E-state index contributed by atoms with van der Waals surface area (Å²) in [5, 5.41) is 4.60. The molecule has 2 aliphatic rings. The second kappa shape index (κ2) is 6.47. The number of hydrogen-bond acceptors (Lipinski definition) is 5. The molecule has 0 aliphatic carbocycles. The Balaban J connectivity index is 0.00000264. The van der Waals surface area contributed by atoms with Crippen LogP contribution in [0, 0.1) is 5.92 Å². The average Bonchev–Trinajstić information content (AvgIpc) is 2.77. The number of carbonyl (C=O) groups is 3. The van der Waals surface area contributed by atoms with Gasteiger partial charge in [0.1, 0.15) is 5.60 Å². The number of nitrogens with one attached hydrogen (secondary N) is 1. The molecule has 0 aromatic carbocycles. The van der Waals surface area contributed by atoms with E-state index in [4.69, 9.17) is 4.74 Å². The van der Waals surface area contributed by atoms with Crippen LogP contribution in [0.15, 0.2) is 0 Å². The van der Waals surface area contributed by atoms with Crippen LogP contribution in [0.4, 0.5) is 4.79 Å². The van der Waals surface area contributed by atoms with E-state index in [0.29, 0.717) is 0 Å². The van der Waals surface area contributed by atoms with Gasteiger partial charge in [0.2, 0.25) is 5.54 Å². The normalized spacial score (nSPS) is 30.0. The minimum atomic E-state index is -1.77. The molecule has 2 rings (SSSR count). The monoisotopic (exact) mass is 399 g/mol. The van der Waals surface area contributed by atoms with E-state index < -0.39 is 35.1 Å². The van der Waals surface area contributed by atoms with Gasteiger partial charge in [0.25, 0.3) is 11.8 Å². The van der Waals surface area contributed by atoms with Crippen LogP contribution >= 0.6 is 0 Å². The maximum atomic E-state index is 12.5. The Labute approximate surface area is 160 Å². The van der Waals surface area contributed by atoms with Gasteiger partial charge in [0.05, 0.1) is 0 Å². The third kappa shape index (κ3) is 3.43. The number of fused-ring (bicyclic) bond motifs is 1. The SMILES string of the molecule is CC1CN2C(=O)C(C)(NC(=O)OC(C)(C)C)C(=O)N2C1[C-]=O.[Y]. The minimum absolute atomic E-state index is 0. The number of hydrogen-bond donors (Lipinski definition) is 1. The Kier molecular flexibility index (Phi) is 5.64. The summed E-state index contributed by atoms with van der Waals surface area (Å²) in [5.74, 6) is -1.43. The second-order valence-corrected chi connectivity index (χ2v) is 6.83. The molecule has 0 aromatic rings. The number of hydrazine groups is 1. The van der Waals surface area contributed by atoms with Gasteiger partial charge in [-0.2, -0.15) is 0 Å². The second-order valence-electron chi connectivity index (χ2n) is 6.83. The van der Waals surface area contributed by atoms with Crippen LogP contribution < -0.4 is 5.32 Å². The molecule has 9 heteroatoms. The molecule has 125 valence electrons. The Bertz CT molecular complexity index is 547. The molecule has 0 bridgehead atoms. The number of carbonyl (C=O) groups excluding carboxylic acids is 4. The first-order valence-electron chi connectivity index (χ1n) is 7.05. The van der Waals surface area contributed by atoms with E-state index in [-0.39, 0.29) is 45.2 Å². The molecule has 0 spiro atoms. The number of nitrogens with zero attached hydrogens (tertiary/aromatic N) is 2. The minimum Gasteiger partial charge on any atom is -0.540 e. The summed E-state index contributed by atoms with van der Waals surface area (Å²) in [6.45, 7) is 8.32. The third-order valence-electron chi connectivity index (χ3n) is 3.69. The Morgan fingerprint density at radius 2 is 1.91 bits per heavy atom. The van der Waals surface area contributed by atoms with Crippen molar-refractivity contribution in [2.75, 3.05) is 6.54 Å². The molecule has 0 saturated carbocycles. The molecule has 1 N–H and O–H groups in total. The van der Waals surface area contributed by atoms with Gasteiger partial charge in [0.15, 0.2) is 0 Å². The predicted molar refractivity (Wildman–Crippen MR) is 75.0 cm³/mol. The van der Waals surface area contributed by atoms with Gasteiger partial charge in [-0.15, -0.1) is 0 Å². The summed E-state index contributed by atoms with van der Waals surface area (Å²) < 4.78 is 5.09. The predicted octanol–water partition coefficient (Wildman–Crippen LogP) is -0.0189. The maximum Gasteiger partial charge on any atom is 0.408 e. The van der Waals surface area contributed by atoms with E-state index in [1.54, 1.807) is 34.0 Å². The van der Waals surface area contributed by atoms with Crippen LogP contribution in [0.3, 0.4) is 0 Å². The van der Waals surface area contributed by atoms with Gasteiger partial charge in [0, 0.05) is 39.3 Å². The summed E-state index contributed by atoms with van der Waals surface area (Å²) >= 11 is 0. The first kappa shape index (κ1) is 20.0. The summed E-state index contributed by atoms with van der Waals surface area (Å²) in [7, 11) is 0. The van der Waals surface area contributed by atoms with E-state index in [2.05, 4.69) is 5.32 Å². The van der Waals surface area contributed by atoms with E-state index in [0.717, 1.165) is 5.01 Å². The van der Waals surface area contributed by atoms with Crippen LogP contribution in [0.5, 0.6) is 0 Å². The zero-order chi connectivity index (χ0) is 16.9. The van der Waals surface area contributed by atoms with Crippen molar-refractivity contribution >= 4 is 24.2 Å². The van der Waals surface area contributed by atoms with Crippen molar-refractivity contribution in [3.63, 3.8) is 0 Å². The molecule has 23 heavy (non-hydrogen) atoms. The van der Waals surface area contributed by atoms with E-state index in [1.165, 1.54) is 11.9 Å². The summed E-state index contributed by atoms with van der Waals surface area (Å²) in [5.41, 5.74) is -2.52. The van der Waals surface area contributed by atoms with Gasteiger partial charge in [-0.3, -0.25) is 24.9 Å². The van der Waals surface area contributed by atoms with E-state index in [9.17, 15) is 19.2 Å². The van der Waals surface area contributed by atoms with Crippen molar-refractivity contribution in [2.24, 2.45) is 5.92 Å². The summed E-state index contributed by atoms with van der Waals surface area (Å²) in [6, 6.07) is -0.821. The van der Waals surface area contributed by atoms with Gasteiger partial charge in [-0.1, -0.05) is 6.92 Å². The summed E-state index contributed by atoms with van der Waals surface area (Å²) in [6.07, 6.45) is 0.920. The molecule has 3 amide bonds. The molecule has 3 atom stereocenters. The van der Waals surface area contributed by atoms with Gasteiger partial charge in [-0.25, -0.2) is 11.1 Å².